The Morgan fingerprint density at radius 2 is 0.712 bits per heavy atom. The molecule has 111 heavy (non-hydrogen) atoms. The summed E-state index contributed by atoms with van der Waals surface area (Å²) in [7, 11) is 0. The van der Waals surface area contributed by atoms with Crippen molar-refractivity contribution >= 4 is 123 Å². The van der Waals surface area contributed by atoms with Crippen molar-refractivity contribution in [1.82, 2.24) is 78.2 Å². The molecule has 8 aromatic carbocycles. The van der Waals surface area contributed by atoms with E-state index in [1.54, 1.807) is 31.2 Å². The Kier molecular flexibility index (Phi) is 20.7. The Hall–Kier alpha value is -15.1. The number of hydrogen-bond acceptors (Lipinski definition) is 14. The first-order valence-corrected chi connectivity index (χ1v) is 34.9. The van der Waals surface area contributed by atoms with Crippen LogP contribution in [-0.4, -0.2) is 90.5 Å². The van der Waals surface area contributed by atoms with E-state index in [9.17, 15) is 34.4 Å². The Balaban J connectivity index is 0.000000123. The fourth-order valence-electron chi connectivity index (χ4n) is 13.5. The topological polar surface area (TPSA) is 292 Å². The summed E-state index contributed by atoms with van der Waals surface area (Å²) in [4.78, 5) is 93.2. The maximum absolute atomic E-state index is 13.1. The predicted molar refractivity (Wildman–Crippen MR) is 432 cm³/mol. The van der Waals surface area contributed by atoms with Crippen molar-refractivity contribution in [2.45, 2.75) is 54.9 Å². The third-order valence-electron chi connectivity index (χ3n) is 18.6. The van der Waals surface area contributed by atoms with Crippen molar-refractivity contribution in [3.8, 4) is 5.75 Å². The van der Waals surface area contributed by atoms with E-state index in [1.165, 1.54) is 18.3 Å². The van der Waals surface area contributed by atoms with Crippen molar-refractivity contribution in [3.05, 3.63) is 346 Å². The quantitative estimate of drug-likeness (QED) is 0.0530. The number of nitro benzene ring substituents is 1. The van der Waals surface area contributed by atoms with Crippen LogP contribution in [0.3, 0.4) is 0 Å². The van der Waals surface area contributed by atoms with Crippen LogP contribution >= 0.6 is 0 Å². The minimum Gasteiger partial charge on any atom is -0.507 e. The molecule has 0 aliphatic rings. The van der Waals surface area contributed by atoms with E-state index in [0.29, 0.717) is 35.6 Å². The second-order valence-corrected chi connectivity index (χ2v) is 25.8. The zero-order valence-electron chi connectivity index (χ0n) is 58.6. The second kappa shape index (κ2) is 31.6. The average molecular weight is 1470 g/mol. The number of fused-ring (bicyclic) bond motifs is 16. The minimum absolute atomic E-state index is 0. The Morgan fingerprint density at radius 3 is 1.14 bits per heavy atom. The normalized spacial score (nSPS) is 11.0. The first-order valence-electron chi connectivity index (χ1n) is 34.9. The molecule has 0 fully saturated rings. The molecule has 0 atom stereocenters. The van der Waals surface area contributed by atoms with E-state index in [1.807, 2.05) is 253 Å². The van der Waals surface area contributed by atoms with Crippen LogP contribution in [0.2, 0.25) is 0 Å². The number of amides is 4. The SMILES string of the molecule is C.C.Cc1cc(C(=O)NCc2nc3ccccc3n3cccc23)cc([N+](=O)[O-])c1.Cc1ccc(C(=O)NCc2nc3ccccc3n3cccc23)c(O)c1.O=C(NCc1nc2ccccc2n2cccc12)c1cnc2ccccc2n1.O=C(NCc1nc2ccccc2n2cccc12)c1nc2ccccc2n2cccc12. The van der Waals surface area contributed by atoms with Crippen molar-refractivity contribution in [3.63, 3.8) is 0 Å². The highest BCUT2D eigenvalue weighted by atomic mass is 16.6. The van der Waals surface area contributed by atoms with Crippen molar-refractivity contribution in [1.29, 1.82) is 0 Å². The standard InChI is InChI=1S/C24H17N5O.C21H15N5O.C20H16N4O3.C20H17N3O2.2CH4/c30-24(23-22-12-6-14-29(22)20-10-4-2-8-17(20)27-23)25-15-18-21-11-5-13-28(21)19-9-3-1-7-16(19)26-18;27-21(18-13-22-14-6-1-2-7-15(14)24-18)23-12-17-20-10-5-11-26(20)19-9-4-3-8-16(19)25-17;1-13-9-14(11-15(10-13)24(26)27)20(25)21-12-17-19-7-4-8-23(19)18-6-3-2-5-16(18)22-17;1-13-8-9-14(19(24)11-13)20(25)21-12-16-18-7-4-10-23(18)17-6-3-2-5-15(17)22-16;;/h1-14H,15H2,(H,25,30);1-11,13H,12H2,(H,23,27);2-11H,12H2,1H3,(H,21,25);2-11,24H,12H2,1H3,(H,21,25);2*1H4. The van der Waals surface area contributed by atoms with Gasteiger partial charge in [0.15, 0.2) is 5.69 Å². The van der Waals surface area contributed by atoms with Crippen molar-refractivity contribution in [2.24, 2.45) is 0 Å². The third kappa shape index (κ3) is 14.9. The molecule has 24 heteroatoms. The van der Waals surface area contributed by atoms with E-state index in [-0.39, 0.29) is 74.1 Å². The summed E-state index contributed by atoms with van der Waals surface area (Å²) in [6.45, 7) is 4.72. The van der Waals surface area contributed by atoms with Crippen LogP contribution in [0.25, 0.3) is 93.8 Å². The molecule has 0 spiro atoms. The van der Waals surface area contributed by atoms with Gasteiger partial charge in [0, 0.05) is 48.7 Å². The molecular weight excluding hydrogens is 1400 g/mol. The highest BCUT2D eigenvalue weighted by Gasteiger charge is 2.20. The molecule has 4 amide bonds. The number of nitro groups is 1. The molecule has 11 heterocycles. The fraction of sp³-hybridized carbons (Fsp3) is 0.0920. The Labute approximate surface area is 634 Å². The van der Waals surface area contributed by atoms with Crippen LogP contribution in [0.5, 0.6) is 5.75 Å². The maximum Gasteiger partial charge on any atom is 0.272 e. The lowest BCUT2D eigenvalue weighted by molar-refractivity contribution is -0.384. The molecule has 0 unspecified atom stereocenters. The lowest BCUT2D eigenvalue weighted by Crippen LogP contribution is -2.25. The lowest BCUT2D eigenvalue weighted by Gasteiger charge is -2.11. The summed E-state index contributed by atoms with van der Waals surface area (Å²) in [5.41, 5.74) is 21.2. The summed E-state index contributed by atoms with van der Waals surface area (Å²) in [6, 6.07) is 75.9. The number of aromatic nitrogens is 12. The van der Waals surface area contributed by atoms with Crippen LogP contribution in [0.1, 0.15) is 90.4 Å². The number of phenols is 1. The average Bonchev–Trinajstić information content (AvgIpc) is 1.48. The molecule has 19 aromatic rings. The van der Waals surface area contributed by atoms with Crippen molar-refractivity contribution in [2.75, 3.05) is 0 Å². The molecule has 548 valence electrons. The highest BCUT2D eigenvalue weighted by Crippen LogP contribution is 2.27. The number of benzene rings is 8. The van der Waals surface area contributed by atoms with Crippen LogP contribution in [-0.2, 0) is 26.2 Å². The molecule has 0 radical (unpaired) electrons. The summed E-state index contributed by atoms with van der Waals surface area (Å²) in [6.07, 6.45) is 11.4. The lowest BCUT2D eigenvalue weighted by atomic mass is 10.1. The second-order valence-electron chi connectivity index (χ2n) is 25.8. The number of carbonyl (C=O) groups excluding carboxylic acids is 4. The number of aryl methyl sites for hydroxylation is 2. The van der Waals surface area contributed by atoms with Gasteiger partial charge in [-0.2, -0.15) is 0 Å². The molecule has 19 rings (SSSR count). The third-order valence-corrected chi connectivity index (χ3v) is 18.6. The number of non-ortho nitro benzene ring substituents is 1. The van der Waals surface area contributed by atoms with Gasteiger partial charge in [0.25, 0.3) is 29.3 Å². The first kappa shape index (κ1) is 72.9. The van der Waals surface area contributed by atoms with Gasteiger partial charge < -0.3 is 48.4 Å². The number of carbonyl (C=O) groups is 4. The van der Waals surface area contributed by atoms with Gasteiger partial charge in [-0.15, -0.1) is 0 Å². The summed E-state index contributed by atoms with van der Waals surface area (Å²) in [5, 5.41) is 32.6. The Morgan fingerprint density at radius 1 is 0.360 bits per heavy atom. The number of aromatic hydroxyl groups is 1. The molecule has 0 aliphatic heterocycles. The maximum atomic E-state index is 13.1. The summed E-state index contributed by atoms with van der Waals surface area (Å²) < 4.78 is 10.3. The smallest absolute Gasteiger partial charge is 0.272 e. The van der Waals surface area contributed by atoms with Gasteiger partial charge in [-0.05, 0) is 177 Å². The van der Waals surface area contributed by atoms with Crippen LogP contribution in [0.4, 0.5) is 5.69 Å². The van der Waals surface area contributed by atoms with Crippen molar-refractivity contribution < 1.29 is 29.2 Å². The zero-order valence-corrected chi connectivity index (χ0v) is 58.6. The number of nitrogens with one attached hydrogen (secondary N) is 4. The van der Waals surface area contributed by atoms with E-state index in [0.717, 1.165) is 117 Å². The van der Waals surface area contributed by atoms with Gasteiger partial charge in [0.05, 0.1) is 159 Å². The van der Waals surface area contributed by atoms with E-state index < -0.39 is 4.92 Å². The number of hydrogen-bond donors (Lipinski definition) is 5. The molecule has 24 nitrogen and oxygen atoms in total. The van der Waals surface area contributed by atoms with Gasteiger partial charge in [-0.3, -0.25) is 34.3 Å². The van der Waals surface area contributed by atoms with E-state index >= 15 is 0 Å². The van der Waals surface area contributed by atoms with Gasteiger partial charge in [-0.25, -0.2) is 29.9 Å². The number of phenolic OH excluding ortho intramolecular Hbond substituents is 1. The molecule has 5 N–H and O–H groups in total. The number of rotatable bonds is 13. The molecule has 0 bridgehead atoms. The number of nitrogens with zero attached hydrogens (tertiary/aromatic N) is 13. The molecule has 0 aliphatic carbocycles. The largest absolute Gasteiger partial charge is 0.507 e. The zero-order chi connectivity index (χ0) is 74.7. The predicted octanol–water partition coefficient (Wildman–Crippen LogP) is 15.9. The molecular formula is C87H73N17O7. The number of para-hydroxylation sites is 12. The van der Waals surface area contributed by atoms with Gasteiger partial charge >= 0.3 is 0 Å². The van der Waals surface area contributed by atoms with Crippen LogP contribution < -0.4 is 21.3 Å². The first-order chi connectivity index (χ1) is 53.2. The summed E-state index contributed by atoms with van der Waals surface area (Å²) >= 11 is 0. The summed E-state index contributed by atoms with van der Waals surface area (Å²) in [5.74, 6) is -1.20. The molecule has 0 saturated heterocycles. The molecule has 11 aromatic heterocycles. The fourth-order valence-corrected chi connectivity index (χ4v) is 13.5. The molecule has 0 saturated carbocycles. The van der Waals surface area contributed by atoms with Crippen LogP contribution in [0, 0.1) is 24.0 Å². The monoisotopic (exact) mass is 1470 g/mol. The van der Waals surface area contributed by atoms with Crippen LogP contribution in [0.15, 0.2) is 280 Å². The minimum atomic E-state index is -0.501. The Bertz CT molecular complexity index is 6800. The van der Waals surface area contributed by atoms with E-state index in [2.05, 4.69) is 59.4 Å². The van der Waals surface area contributed by atoms with Gasteiger partial charge in [0.1, 0.15) is 11.4 Å². The van der Waals surface area contributed by atoms with Gasteiger partial charge in [0.2, 0.25) is 0 Å². The van der Waals surface area contributed by atoms with E-state index in [4.69, 9.17) is 9.97 Å². The van der Waals surface area contributed by atoms with Gasteiger partial charge in [-0.1, -0.05) is 93.7 Å². The highest BCUT2D eigenvalue weighted by molar-refractivity contribution is 6.02.